The summed E-state index contributed by atoms with van der Waals surface area (Å²) in [6.45, 7) is 0. The minimum Gasteiger partial charge on any atom is -0.503 e. The summed E-state index contributed by atoms with van der Waals surface area (Å²) in [6.07, 6.45) is 3.66. The number of fused-ring (bicyclic) bond motifs is 3. The van der Waals surface area contributed by atoms with E-state index in [1.807, 2.05) is 6.08 Å². The van der Waals surface area contributed by atoms with Crippen LogP contribution in [0.15, 0.2) is 72.6 Å². The number of imide groups is 1. The number of hydrogen-bond acceptors (Lipinski definition) is 6. The molecular formula is C29H19Br3ClNO6. The highest BCUT2D eigenvalue weighted by atomic mass is 79.9. The molecule has 4 unspecified atom stereocenters. The molecule has 2 aromatic rings. The summed E-state index contributed by atoms with van der Waals surface area (Å²) < 4.78 is 6.36. The van der Waals surface area contributed by atoms with Crippen molar-refractivity contribution in [3.05, 3.63) is 83.2 Å². The maximum absolute atomic E-state index is 14.0. The molecule has 0 spiro atoms. The van der Waals surface area contributed by atoms with Crippen molar-refractivity contribution in [1.82, 2.24) is 0 Å². The number of methoxy groups -OCH3 is 1. The summed E-state index contributed by atoms with van der Waals surface area (Å²) in [4.78, 5) is 55.6. The molecule has 1 saturated heterocycles. The van der Waals surface area contributed by atoms with Crippen LogP contribution >= 0.6 is 59.4 Å². The highest BCUT2D eigenvalue weighted by molar-refractivity contribution is 9.13. The van der Waals surface area contributed by atoms with E-state index in [1.54, 1.807) is 30.3 Å². The zero-order chi connectivity index (χ0) is 28.6. The van der Waals surface area contributed by atoms with Crippen molar-refractivity contribution in [2.45, 2.75) is 18.8 Å². The first kappa shape index (κ1) is 27.6. The van der Waals surface area contributed by atoms with Crippen LogP contribution in [0, 0.1) is 17.8 Å². The Morgan fingerprint density at radius 1 is 1.00 bits per heavy atom. The standard InChI is InChI=1S/C29H19Br3ClNO6/c1-40-20-9-16(24(31)25(32)27(20)37)21-13-6-7-14-22(15(13)8-17-23(21)19(35)10-18(30)26(17)36)29(39)34(28(14)38)12-4-2-11(33)3-5-12/h2-6,9-10,14-15,21-22,37H,7-8H2,1H3. The largest absolute Gasteiger partial charge is 0.503 e. The molecule has 1 N–H and O–H groups in total. The van der Waals surface area contributed by atoms with Gasteiger partial charge in [-0.15, -0.1) is 0 Å². The minimum absolute atomic E-state index is 0.124. The number of halogens is 4. The maximum Gasteiger partial charge on any atom is 0.238 e. The molecule has 204 valence electrons. The van der Waals surface area contributed by atoms with Gasteiger partial charge in [0.15, 0.2) is 23.1 Å². The van der Waals surface area contributed by atoms with Gasteiger partial charge in [0, 0.05) is 32.6 Å². The normalized spacial score (nSPS) is 25.9. The van der Waals surface area contributed by atoms with Crippen molar-refractivity contribution in [2.24, 2.45) is 17.8 Å². The van der Waals surface area contributed by atoms with E-state index in [0.717, 1.165) is 5.57 Å². The summed E-state index contributed by atoms with van der Waals surface area (Å²) in [5.74, 6) is -3.77. The Hall–Kier alpha value is -2.53. The van der Waals surface area contributed by atoms with Gasteiger partial charge in [0.05, 0.1) is 33.6 Å². The second-order valence-corrected chi connectivity index (χ2v) is 12.9. The Labute approximate surface area is 259 Å². The van der Waals surface area contributed by atoms with Crippen molar-refractivity contribution in [1.29, 1.82) is 0 Å². The van der Waals surface area contributed by atoms with Gasteiger partial charge in [-0.25, -0.2) is 0 Å². The van der Waals surface area contributed by atoms with E-state index in [0.29, 0.717) is 42.8 Å². The molecule has 3 aliphatic carbocycles. The topological polar surface area (TPSA) is 101 Å². The number of rotatable bonds is 3. The predicted molar refractivity (Wildman–Crippen MR) is 159 cm³/mol. The lowest BCUT2D eigenvalue weighted by molar-refractivity contribution is -0.123. The van der Waals surface area contributed by atoms with Gasteiger partial charge in [-0.1, -0.05) is 23.3 Å². The zero-order valence-electron chi connectivity index (χ0n) is 20.7. The van der Waals surface area contributed by atoms with E-state index in [9.17, 15) is 24.3 Å². The summed E-state index contributed by atoms with van der Waals surface area (Å²) in [6, 6.07) is 8.15. The number of ether oxygens (including phenoxy) is 1. The van der Waals surface area contributed by atoms with Gasteiger partial charge in [0.25, 0.3) is 0 Å². The number of carbonyl (C=O) groups excluding carboxylic acids is 4. The van der Waals surface area contributed by atoms with Gasteiger partial charge in [0.1, 0.15) is 0 Å². The SMILES string of the molecule is COc1cc(C2C3=CCC4C(=O)N(c5ccc(Cl)cc5)C(=O)C4C3CC3=C2C(=O)C=C(Br)C3=O)c(Br)c(Br)c1O. The fraction of sp³-hybridized carbons (Fsp3) is 0.241. The molecule has 1 aliphatic heterocycles. The van der Waals surface area contributed by atoms with E-state index in [4.69, 9.17) is 16.3 Å². The van der Waals surface area contributed by atoms with Gasteiger partial charge >= 0.3 is 0 Å². The molecule has 0 aromatic heterocycles. The summed E-state index contributed by atoms with van der Waals surface area (Å²) >= 11 is 16.2. The van der Waals surface area contributed by atoms with Crippen molar-refractivity contribution in [3.8, 4) is 11.5 Å². The highest BCUT2D eigenvalue weighted by Gasteiger charge is 2.57. The van der Waals surface area contributed by atoms with Crippen LogP contribution in [0.2, 0.25) is 5.02 Å². The summed E-state index contributed by atoms with van der Waals surface area (Å²) in [5.41, 5.74) is 2.44. The second kappa shape index (κ2) is 10.1. The molecule has 0 bridgehead atoms. The van der Waals surface area contributed by atoms with E-state index in [-0.39, 0.29) is 45.8 Å². The van der Waals surface area contributed by atoms with Crippen molar-refractivity contribution in [2.75, 3.05) is 12.0 Å². The number of phenols is 1. The lowest BCUT2D eigenvalue weighted by Gasteiger charge is -2.42. The molecule has 6 rings (SSSR count). The second-order valence-electron chi connectivity index (χ2n) is 10.0. The van der Waals surface area contributed by atoms with Crippen molar-refractivity contribution < 1.29 is 29.0 Å². The number of carbonyl (C=O) groups is 4. The molecule has 1 fully saturated rings. The lowest BCUT2D eigenvalue weighted by atomic mass is 9.59. The monoisotopic (exact) mass is 749 g/mol. The van der Waals surface area contributed by atoms with Crippen LogP contribution in [0.4, 0.5) is 5.69 Å². The highest BCUT2D eigenvalue weighted by Crippen LogP contribution is 2.58. The van der Waals surface area contributed by atoms with Crippen LogP contribution < -0.4 is 9.64 Å². The fourth-order valence-corrected chi connectivity index (χ4v) is 7.91. The van der Waals surface area contributed by atoms with Gasteiger partial charge in [-0.3, -0.25) is 24.1 Å². The first-order chi connectivity index (χ1) is 19.0. The number of phenolic OH excluding ortho intramolecular Hbond substituents is 1. The molecule has 1 heterocycles. The molecular weight excluding hydrogens is 733 g/mol. The third-order valence-electron chi connectivity index (χ3n) is 8.12. The minimum atomic E-state index is -0.714. The number of aromatic hydroxyl groups is 1. The van der Waals surface area contributed by atoms with Crippen molar-refractivity contribution >= 4 is 88.5 Å². The predicted octanol–water partition coefficient (Wildman–Crippen LogP) is 6.55. The average molecular weight is 753 g/mol. The molecule has 4 aliphatic rings. The number of hydrogen-bond donors (Lipinski definition) is 1. The number of anilines is 1. The number of allylic oxidation sites excluding steroid dienone is 6. The van der Waals surface area contributed by atoms with Gasteiger partial charge < -0.3 is 9.84 Å². The number of amides is 2. The zero-order valence-corrected chi connectivity index (χ0v) is 26.2. The molecule has 2 amide bonds. The first-order valence-corrected chi connectivity index (χ1v) is 15.1. The molecule has 11 heteroatoms. The Morgan fingerprint density at radius 3 is 2.38 bits per heavy atom. The van der Waals surface area contributed by atoms with Crippen LogP contribution in [0.3, 0.4) is 0 Å². The first-order valence-electron chi connectivity index (χ1n) is 12.3. The van der Waals surface area contributed by atoms with E-state index >= 15 is 0 Å². The van der Waals surface area contributed by atoms with Gasteiger partial charge in [-0.2, -0.15) is 0 Å². The number of nitrogens with zero attached hydrogens (tertiary/aromatic N) is 1. The van der Waals surface area contributed by atoms with E-state index in [1.165, 1.54) is 18.1 Å². The summed E-state index contributed by atoms with van der Waals surface area (Å²) in [7, 11) is 1.42. The molecule has 2 aromatic carbocycles. The summed E-state index contributed by atoms with van der Waals surface area (Å²) in [5, 5.41) is 11.1. The molecule has 7 nitrogen and oxygen atoms in total. The number of ketones is 2. The number of benzene rings is 2. The van der Waals surface area contributed by atoms with Crippen molar-refractivity contribution in [3.63, 3.8) is 0 Å². The Morgan fingerprint density at radius 2 is 1.70 bits per heavy atom. The maximum atomic E-state index is 14.0. The van der Waals surface area contributed by atoms with Gasteiger partial charge in [0.2, 0.25) is 11.8 Å². The van der Waals surface area contributed by atoms with Crippen LogP contribution in [0.1, 0.15) is 24.3 Å². The molecule has 40 heavy (non-hydrogen) atoms. The van der Waals surface area contributed by atoms with Crippen LogP contribution in [0.5, 0.6) is 11.5 Å². The Bertz CT molecular complexity index is 1640. The molecule has 4 atom stereocenters. The molecule has 0 saturated carbocycles. The Kier molecular flexibility index (Phi) is 6.96. The van der Waals surface area contributed by atoms with Crippen LogP contribution in [-0.2, 0) is 19.2 Å². The molecule has 0 radical (unpaired) electrons. The fourth-order valence-electron chi connectivity index (χ4n) is 6.38. The quantitative estimate of drug-likeness (QED) is 0.217. The van der Waals surface area contributed by atoms with E-state index in [2.05, 4.69) is 47.8 Å². The van der Waals surface area contributed by atoms with Crippen LogP contribution in [0.25, 0.3) is 0 Å². The van der Waals surface area contributed by atoms with Crippen LogP contribution in [-0.4, -0.2) is 35.6 Å². The van der Waals surface area contributed by atoms with E-state index < -0.39 is 23.7 Å². The van der Waals surface area contributed by atoms with Gasteiger partial charge in [-0.05, 0) is 102 Å². The third kappa shape index (κ3) is 4.01. The third-order valence-corrected chi connectivity index (χ3v) is 11.1. The lowest BCUT2D eigenvalue weighted by Crippen LogP contribution is -2.39. The number of Topliss-reactive ketones (excluding diaryl/α,β-unsaturated/α-hetero) is 1. The Balaban J connectivity index is 1.53. The smallest absolute Gasteiger partial charge is 0.238 e. The average Bonchev–Trinajstić information content (AvgIpc) is 3.20.